The van der Waals surface area contributed by atoms with E-state index in [0.29, 0.717) is 12.1 Å². The Labute approximate surface area is 110 Å². The summed E-state index contributed by atoms with van der Waals surface area (Å²) in [6, 6.07) is 7.44. The second-order valence-electron chi connectivity index (χ2n) is 5.65. The first kappa shape index (κ1) is 12.2. The summed E-state index contributed by atoms with van der Waals surface area (Å²) in [6.45, 7) is 4.18. The van der Waals surface area contributed by atoms with Gasteiger partial charge in [-0.05, 0) is 55.7 Å². The summed E-state index contributed by atoms with van der Waals surface area (Å²) in [6.07, 6.45) is 6.73. The van der Waals surface area contributed by atoms with Gasteiger partial charge in [-0.1, -0.05) is 18.2 Å². The Bertz CT molecular complexity index is 410. The molecule has 2 heteroatoms. The van der Waals surface area contributed by atoms with Gasteiger partial charge in [-0.15, -0.1) is 0 Å². The predicted octanol–water partition coefficient (Wildman–Crippen LogP) is 3.00. The van der Waals surface area contributed by atoms with E-state index in [1.54, 1.807) is 11.1 Å². The van der Waals surface area contributed by atoms with Crippen LogP contribution in [0.25, 0.3) is 0 Å². The molecular weight excluding hydrogens is 222 g/mol. The van der Waals surface area contributed by atoms with Crippen LogP contribution in [0.1, 0.15) is 48.9 Å². The zero-order chi connectivity index (χ0) is 12.4. The summed E-state index contributed by atoms with van der Waals surface area (Å²) >= 11 is 0. The number of fused-ring (bicyclic) bond motifs is 1. The first-order chi connectivity index (χ1) is 8.83. The molecule has 0 aromatic heterocycles. The lowest BCUT2D eigenvalue weighted by Crippen LogP contribution is -2.28. The van der Waals surface area contributed by atoms with Gasteiger partial charge in [-0.3, -0.25) is 0 Å². The van der Waals surface area contributed by atoms with E-state index in [4.69, 9.17) is 4.74 Å². The highest BCUT2D eigenvalue weighted by Gasteiger charge is 2.17. The topological polar surface area (TPSA) is 21.3 Å². The van der Waals surface area contributed by atoms with E-state index in [2.05, 4.69) is 30.4 Å². The Kier molecular flexibility index (Phi) is 3.67. The van der Waals surface area contributed by atoms with Gasteiger partial charge >= 0.3 is 0 Å². The summed E-state index contributed by atoms with van der Waals surface area (Å²) in [7, 11) is 0. The molecule has 1 fully saturated rings. The number of aryl methyl sites for hydroxylation is 2. The third-order valence-corrected chi connectivity index (χ3v) is 4.30. The molecule has 98 valence electrons. The standard InChI is InChI=1S/C16H23NO/c1-12(17-11-16-6-3-9-18-16)14-8-7-13-4-2-5-15(13)10-14/h7-8,10,12,16-17H,2-6,9,11H2,1H3. The van der Waals surface area contributed by atoms with Crippen molar-refractivity contribution < 1.29 is 4.74 Å². The van der Waals surface area contributed by atoms with Gasteiger partial charge in [0.05, 0.1) is 6.10 Å². The van der Waals surface area contributed by atoms with Gasteiger partial charge in [-0.2, -0.15) is 0 Å². The largest absolute Gasteiger partial charge is 0.377 e. The average Bonchev–Trinajstić information content (AvgIpc) is 3.05. The maximum absolute atomic E-state index is 5.65. The molecule has 0 bridgehead atoms. The molecule has 3 rings (SSSR count). The minimum atomic E-state index is 0.431. The Morgan fingerprint density at radius 2 is 2.17 bits per heavy atom. The van der Waals surface area contributed by atoms with Crippen LogP contribution in [0.15, 0.2) is 18.2 Å². The normalized spacial score (nSPS) is 24.2. The molecule has 2 aliphatic rings. The number of hydrogen-bond acceptors (Lipinski definition) is 2. The first-order valence-corrected chi connectivity index (χ1v) is 7.29. The van der Waals surface area contributed by atoms with Crippen LogP contribution in [0.2, 0.25) is 0 Å². The maximum atomic E-state index is 5.65. The van der Waals surface area contributed by atoms with E-state index < -0.39 is 0 Å². The van der Waals surface area contributed by atoms with Crippen LogP contribution in [0.3, 0.4) is 0 Å². The van der Waals surface area contributed by atoms with E-state index >= 15 is 0 Å². The lowest BCUT2D eigenvalue weighted by Gasteiger charge is -2.18. The van der Waals surface area contributed by atoms with Crippen LogP contribution in [0, 0.1) is 0 Å². The lowest BCUT2D eigenvalue weighted by atomic mass is 10.0. The van der Waals surface area contributed by atoms with Crippen LogP contribution < -0.4 is 5.32 Å². The molecule has 1 aliphatic heterocycles. The molecule has 0 amide bonds. The van der Waals surface area contributed by atoms with E-state index in [1.807, 2.05) is 0 Å². The highest BCUT2D eigenvalue weighted by atomic mass is 16.5. The molecule has 1 saturated heterocycles. The van der Waals surface area contributed by atoms with Crippen LogP contribution in [-0.4, -0.2) is 19.3 Å². The molecule has 1 N–H and O–H groups in total. The SMILES string of the molecule is CC(NCC1CCCO1)c1ccc2c(c1)CCC2. The summed E-state index contributed by atoms with van der Waals surface area (Å²) in [5.41, 5.74) is 4.55. The molecule has 1 heterocycles. The fraction of sp³-hybridized carbons (Fsp3) is 0.625. The van der Waals surface area contributed by atoms with Gasteiger partial charge in [-0.25, -0.2) is 0 Å². The highest BCUT2D eigenvalue weighted by Crippen LogP contribution is 2.25. The van der Waals surface area contributed by atoms with Crippen molar-refractivity contribution in [2.24, 2.45) is 0 Å². The van der Waals surface area contributed by atoms with Crippen molar-refractivity contribution in [2.45, 2.75) is 51.2 Å². The van der Waals surface area contributed by atoms with E-state index in [-0.39, 0.29) is 0 Å². The molecule has 0 spiro atoms. The van der Waals surface area contributed by atoms with Gasteiger partial charge in [0, 0.05) is 19.2 Å². The summed E-state index contributed by atoms with van der Waals surface area (Å²) in [5.74, 6) is 0. The smallest absolute Gasteiger partial charge is 0.0700 e. The molecule has 2 atom stereocenters. The molecule has 0 radical (unpaired) electrons. The maximum Gasteiger partial charge on any atom is 0.0700 e. The van der Waals surface area contributed by atoms with Gasteiger partial charge in [0.2, 0.25) is 0 Å². The van der Waals surface area contributed by atoms with Crippen molar-refractivity contribution >= 4 is 0 Å². The summed E-state index contributed by atoms with van der Waals surface area (Å²) in [5, 5.41) is 3.61. The van der Waals surface area contributed by atoms with Crippen molar-refractivity contribution in [3.63, 3.8) is 0 Å². The number of benzene rings is 1. The van der Waals surface area contributed by atoms with Gasteiger partial charge in [0.1, 0.15) is 0 Å². The minimum Gasteiger partial charge on any atom is -0.377 e. The highest BCUT2D eigenvalue weighted by molar-refractivity contribution is 5.36. The Morgan fingerprint density at radius 3 is 3.00 bits per heavy atom. The van der Waals surface area contributed by atoms with Crippen LogP contribution >= 0.6 is 0 Å². The molecular formula is C16H23NO. The van der Waals surface area contributed by atoms with Gasteiger partial charge < -0.3 is 10.1 Å². The zero-order valence-corrected chi connectivity index (χ0v) is 11.2. The second-order valence-corrected chi connectivity index (χ2v) is 5.65. The van der Waals surface area contributed by atoms with E-state index in [9.17, 15) is 0 Å². The number of nitrogens with one attached hydrogen (secondary N) is 1. The monoisotopic (exact) mass is 245 g/mol. The van der Waals surface area contributed by atoms with Gasteiger partial charge in [0.15, 0.2) is 0 Å². The molecule has 1 aliphatic carbocycles. The molecule has 1 aromatic carbocycles. The van der Waals surface area contributed by atoms with Crippen molar-refractivity contribution in [2.75, 3.05) is 13.2 Å². The van der Waals surface area contributed by atoms with E-state index in [1.165, 1.54) is 37.7 Å². The molecule has 0 saturated carbocycles. The second kappa shape index (κ2) is 5.41. The Morgan fingerprint density at radius 1 is 1.28 bits per heavy atom. The fourth-order valence-corrected chi connectivity index (χ4v) is 3.09. The zero-order valence-electron chi connectivity index (χ0n) is 11.2. The van der Waals surface area contributed by atoms with E-state index in [0.717, 1.165) is 13.2 Å². The summed E-state index contributed by atoms with van der Waals surface area (Å²) < 4.78 is 5.65. The van der Waals surface area contributed by atoms with Crippen molar-refractivity contribution in [3.05, 3.63) is 34.9 Å². The van der Waals surface area contributed by atoms with Crippen molar-refractivity contribution in [3.8, 4) is 0 Å². The third-order valence-electron chi connectivity index (χ3n) is 4.30. The minimum absolute atomic E-state index is 0.431. The van der Waals surface area contributed by atoms with Crippen LogP contribution in [0.4, 0.5) is 0 Å². The predicted molar refractivity (Wildman–Crippen MR) is 73.9 cm³/mol. The summed E-state index contributed by atoms with van der Waals surface area (Å²) in [4.78, 5) is 0. The third kappa shape index (κ3) is 2.60. The number of hydrogen-bond donors (Lipinski definition) is 1. The Balaban J connectivity index is 1.59. The fourth-order valence-electron chi connectivity index (χ4n) is 3.09. The van der Waals surface area contributed by atoms with Crippen molar-refractivity contribution in [1.82, 2.24) is 5.32 Å². The molecule has 18 heavy (non-hydrogen) atoms. The van der Waals surface area contributed by atoms with Crippen LogP contribution in [0.5, 0.6) is 0 Å². The van der Waals surface area contributed by atoms with Crippen LogP contribution in [-0.2, 0) is 17.6 Å². The van der Waals surface area contributed by atoms with Crippen molar-refractivity contribution in [1.29, 1.82) is 0 Å². The van der Waals surface area contributed by atoms with Gasteiger partial charge in [0.25, 0.3) is 0 Å². The molecule has 2 nitrogen and oxygen atoms in total. The molecule has 2 unspecified atom stereocenters. The Hall–Kier alpha value is -0.860. The number of ether oxygens (including phenoxy) is 1. The lowest BCUT2D eigenvalue weighted by molar-refractivity contribution is 0.108. The quantitative estimate of drug-likeness (QED) is 0.880. The number of rotatable bonds is 4. The molecule has 1 aromatic rings. The first-order valence-electron chi connectivity index (χ1n) is 7.29. The average molecular weight is 245 g/mol.